The van der Waals surface area contributed by atoms with Crippen molar-refractivity contribution < 1.29 is 9.90 Å². The predicted octanol–water partition coefficient (Wildman–Crippen LogP) is 1.99. The van der Waals surface area contributed by atoms with E-state index in [9.17, 15) is 9.90 Å². The number of hydrogen-bond acceptors (Lipinski definition) is 2. The highest BCUT2D eigenvalue weighted by atomic mass is 16.3. The van der Waals surface area contributed by atoms with E-state index in [1.165, 1.54) is 0 Å². The molecule has 0 amide bonds. The molecule has 0 unspecified atom stereocenters. The Morgan fingerprint density at radius 3 is 2.92 bits per heavy atom. The van der Waals surface area contributed by atoms with Crippen molar-refractivity contribution in [2.24, 2.45) is 0 Å². The number of carbonyl (C=O) groups excluding carboxylic acids is 1. The van der Waals surface area contributed by atoms with Gasteiger partial charge in [0, 0.05) is 11.3 Å². The number of H-pyrrole nitrogens is 1. The fourth-order valence-corrected chi connectivity index (χ4v) is 1.53. The first-order valence-corrected chi connectivity index (χ1v) is 3.99. The normalized spacial score (nSPS) is 10.5. The highest BCUT2D eigenvalue weighted by Crippen LogP contribution is 2.28. The Morgan fingerprint density at radius 1 is 1.46 bits per heavy atom. The third-order valence-electron chi connectivity index (χ3n) is 2.16. The van der Waals surface area contributed by atoms with Crippen LogP contribution in [-0.2, 0) is 0 Å². The summed E-state index contributed by atoms with van der Waals surface area (Å²) in [6.07, 6.45) is 0.758. The molecule has 2 aromatic rings. The van der Waals surface area contributed by atoms with Crippen LogP contribution in [0.25, 0.3) is 10.9 Å². The van der Waals surface area contributed by atoms with Gasteiger partial charge in [0.05, 0.1) is 10.9 Å². The SMILES string of the molecule is Cc1[nH]c2cccc(O)c2c1C=O. The molecule has 2 N–H and O–H groups in total. The molecule has 0 aliphatic heterocycles. The van der Waals surface area contributed by atoms with E-state index < -0.39 is 0 Å². The minimum atomic E-state index is 0.143. The lowest BCUT2D eigenvalue weighted by molar-refractivity contribution is 0.112. The van der Waals surface area contributed by atoms with Crippen LogP contribution in [0.5, 0.6) is 5.75 Å². The van der Waals surface area contributed by atoms with Gasteiger partial charge in [0.15, 0.2) is 6.29 Å². The number of aromatic amines is 1. The number of phenols is 1. The number of hydrogen-bond donors (Lipinski definition) is 2. The van der Waals surface area contributed by atoms with Crippen molar-refractivity contribution in [1.82, 2.24) is 4.98 Å². The average Bonchev–Trinajstić information content (AvgIpc) is 2.42. The van der Waals surface area contributed by atoms with Crippen LogP contribution in [0.15, 0.2) is 18.2 Å². The molecule has 0 radical (unpaired) electrons. The number of rotatable bonds is 1. The Balaban J connectivity index is 2.96. The second-order valence-electron chi connectivity index (χ2n) is 2.98. The van der Waals surface area contributed by atoms with Gasteiger partial charge in [-0.05, 0) is 19.1 Å². The van der Waals surface area contributed by atoms with Crippen molar-refractivity contribution in [3.05, 3.63) is 29.5 Å². The largest absolute Gasteiger partial charge is 0.507 e. The van der Waals surface area contributed by atoms with Crippen LogP contribution in [0.4, 0.5) is 0 Å². The number of nitrogens with one attached hydrogen (secondary N) is 1. The predicted molar refractivity (Wildman–Crippen MR) is 50.1 cm³/mol. The summed E-state index contributed by atoms with van der Waals surface area (Å²) < 4.78 is 0. The zero-order valence-corrected chi connectivity index (χ0v) is 7.16. The summed E-state index contributed by atoms with van der Waals surface area (Å²) in [5, 5.41) is 10.1. The first-order chi connectivity index (χ1) is 6.24. The number of carbonyl (C=O) groups is 1. The topological polar surface area (TPSA) is 53.1 Å². The van der Waals surface area contributed by atoms with Gasteiger partial charge >= 0.3 is 0 Å². The van der Waals surface area contributed by atoms with Gasteiger partial charge < -0.3 is 10.1 Å². The number of benzene rings is 1. The van der Waals surface area contributed by atoms with Crippen molar-refractivity contribution in [2.45, 2.75) is 6.92 Å². The number of fused-ring (bicyclic) bond motifs is 1. The van der Waals surface area contributed by atoms with E-state index in [4.69, 9.17) is 0 Å². The van der Waals surface area contributed by atoms with Crippen molar-refractivity contribution in [1.29, 1.82) is 0 Å². The van der Waals surface area contributed by atoms with Crippen molar-refractivity contribution in [2.75, 3.05) is 0 Å². The maximum Gasteiger partial charge on any atom is 0.152 e. The number of aryl methyl sites for hydroxylation is 1. The van der Waals surface area contributed by atoms with Crippen LogP contribution < -0.4 is 0 Å². The third-order valence-corrected chi connectivity index (χ3v) is 2.16. The van der Waals surface area contributed by atoms with Gasteiger partial charge in [0.1, 0.15) is 5.75 Å². The second kappa shape index (κ2) is 2.62. The Hall–Kier alpha value is -1.77. The number of aldehydes is 1. The van der Waals surface area contributed by atoms with Gasteiger partial charge in [-0.3, -0.25) is 4.79 Å². The first-order valence-electron chi connectivity index (χ1n) is 3.99. The molecular formula is C10H9NO2. The van der Waals surface area contributed by atoms with Crippen LogP contribution in [-0.4, -0.2) is 16.4 Å². The van der Waals surface area contributed by atoms with Crippen LogP contribution in [0.2, 0.25) is 0 Å². The third kappa shape index (κ3) is 1.01. The summed E-state index contributed by atoms with van der Waals surface area (Å²) >= 11 is 0. The lowest BCUT2D eigenvalue weighted by atomic mass is 10.1. The minimum absolute atomic E-state index is 0.143. The molecular weight excluding hydrogens is 166 g/mol. The highest BCUT2D eigenvalue weighted by molar-refractivity contribution is 6.02. The molecule has 0 aliphatic rings. The van der Waals surface area contributed by atoms with Crippen molar-refractivity contribution in [3.8, 4) is 5.75 Å². The fourth-order valence-electron chi connectivity index (χ4n) is 1.53. The molecule has 0 aliphatic carbocycles. The fraction of sp³-hybridized carbons (Fsp3) is 0.100. The van der Waals surface area contributed by atoms with Gasteiger partial charge in [-0.2, -0.15) is 0 Å². The van der Waals surface area contributed by atoms with Gasteiger partial charge in [0.2, 0.25) is 0 Å². The summed E-state index contributed by atoms with van der Waals surface area (Å²) in [6, 6.07) is 5.14. The van der Waals surface area contributed by atoms with E-state index in [1.807, 2.05) is 13.0 Å². The standard InChI is InChI=1S/C10H9NO2/c1-6-7(5-12)10-8(11-6)3-2-4-9(10)13/h2-5,11,13H,1H3. The Morgan fingerprint density at radius 2 is 2.23 bits per heavy atom. The second-order valence-corrected chi connectivity index (χ2v) is 2.98. The van der Waals surface area contributed by atoms with Crippen LogP contribution >= 0.6 is 0 Å². The van der Waals surface area contributed by atoms with E-state index in [0.29, 0.717) is 10.9 Å². The van der Waals surface area contributed by atoms with Crippen LogP contribution in [0, 0.1) is 6.92 Å². The molecule has 66 valence electrons. The molecule has 0 atom stereocenters. The minimum Gasteiger partial charge on any atom is -0.507 e. The zero-order valence-electron chi connectivity index (χ0n) is 7.16. The molecule has 3 heteroatoms. The summed E-state index contributed by atoms with van der Waals surface area (Å²) in [7, 11) is 0. The quantitative estimate of drug-likeness (QED) is 0.651. The number of aromatic hydroxyl groups is 1. The molecule has 1 aromatic carbocycles. The molecule has 0 saturated heterocycles. The summed E-state index contributed by atoms with van der Waals surface area (Å²) in [6.45, 7) is 1.81. The smallest absolute Gasteiger partial charge is 0.152 e. The van der Waals surface area contributed by atoms with E-state index in [0.717, 1.165) is 17.5 Å². The van der Waals surface area contributed by atoms with Crippen LogP contribution in [0.1, 0.15) is 16.1 Å². The van der Waals surface area contributed by atoms with E-state index in [1.54, 1.807) is 12.1 Å². The Labute approximate surface area is 75.0 Å². The monoisotopic (exact) mass is 175 g/mol. The highest BCUT2D eigenvalue weighted by Gasteiger charge is 2.09. The molecule has 1 heterocycles. The summed E-state index contributed by atoms with van der Waals surface area (Å²) in [4.78, 5) is 13.8. The summed E-state index contributed by atoms with van der Waals surface area (Å²) in [5.41, 5.74) is 2.11. The van der Waals surface area contributed by atoms with Gasteiger partial charge in [-0.25, -0.2) is 0 Å². The van der Waals surface area contributed by atoms with E-state index in [-0.39, 0.29) is 5.75 Å². The molecule has 13 heavy (non-hydrogen) atoms. The average molecular weight is 175 g/mol. The van der Waals surface area contributed by atoms with E-state index in [2.05, 4.69) is 4.98 Å². The van der Waals surface area contributed by atoms with E-state index >= 15 is 0 Å². The Kier molecular flexibility index (Phi) is 1.59. The molecule has 3 nitrogen and oxygen atoms in total. The molecule has 0 spiro atoms. The number of aromatic nitrogens is 1. The lowest BCUT2D eigenvalue weighted by Gasteiger charge is -1.94. The van der Waals surface area contributed by atoms with Gasteiger partial charge in [-0.15, -0.1) is 0 Å². The molecule has 0 bridgehead atoms. The van der Waals surface area contributed by atoms with Gasteiger partial charge in [-0.1, -0.05) is 6.07 Å². The molecule has 2 rings (SSSR count). The lowest BCUT2D eigenvalue weighted by Crippen LogP contribution is -1.80. The van der Waals surface area contributed by atoms with Crippen molar-refractivity contribution >= 4 is 17.2 Å². The van der Waals surface area contributed by atoms with Crippen LogP contribution in [0.3, 0.4) is 0 Å². The maximum absolute atomic E-state index is 10.7. The zero-order chi connectivity index (χ0) is 9.42. The summed E-state index contributed by atoms with van der Waals surface area (Å²) in [5.74, 6) is 0.143. The first kappa shape index (κ1) is 7.86. The molecule has 1 aromatic heterocycles. The maximum atomic E-state index is 10.7. The Bertz CT molecular complexity index is 471. The molecule has 0 fully saturated rings. The van der Waals surface area contributed by atoms with Gasteiger partial charge in [0.25, 0.3) is 0 Å². The van der Waals surface area contributed by atoms with Crippen molar-refractivity contribution in [3.63, 3.8) is 0 Å². The molecule has 0 saturated carbocycles. The number of phenolic OH excluding ortho intramolecular Hbond substituents is 1.